The Hall–Kier alpha value is -2.05. The van der Waals surface area contributed by atoms with Gasteiger partial charge in [0.25, 0.3) is 5.91 Å². The third-order valence-electron chi connectivity index (χ3n) is 2.87. The van der Waals surface area contributed by atoms with Gasteiger partial charge in [0.15, 0.2) is 4.32 Å². The van der Waals surface area contributed by atoms with Crippen molar-refractivity contribution in [3.63, 3.8) is 0 Å². The van der Waals surface area contributed by atoms with E-state index in [2.05, 4.69) is 4.98 Å². The molecule has 1 aliphatic heterocycles. The fourth-order valence-corrected chi connectivity index (χ4v) is 3.19. The Morgan fingerprint density at radius 2 is 2.00 bits per heavy atom. The Kier molecular flexibility index (Phi) is 3.81. The molecule has 104 valence electrons. The number of carbonyl (C=O) groups is 1. The van der Waals surface area contributed by atoms with Gasteiger partial charge in [-0.05, 0) is 35.9 Å². The van der Waals surface area contributed by atoms with Crippen molar-refractivity contribution in [2.45, 2.75) is 0 Å². The largest absolute Gasteiger partial charge is 0.270 e. The number of nitrogens with zero attached hydrogens (tertiary/aromatic N) is 2. The Balaban J connectivity index is 1.92. The van der Waals surface area contributed by atoms with Gasteiger partial charge in [0.2, 0.25) is 0 Å². The number of pyridine rings is 1. The Morgan fingerprint density at radius 3 is 2.67 bits per heavy atom. The minimum absolute atomic E-state index is 0.192. The molecule has 0 spiro atoms. The Morgan fingerprint density at radius 1 is 1.24 bits per heavy atom. The van der Waals surface area contributed by atoms with E-state index < -0.39 is 0 Å². The number of halogens is 1. The van der Waals surface area contributed by atoms with Gasteiger partial charge in [-0.3, -0.25) is 14.7 Å². The fraction of sp³-hybridized carbons (Fsp3) is 0. The van der Waals surface area contributed by atoms with Crippen LogP contribution in [0.5, 0.6) is 0 Å². The molecule has 0 N–H and O–H groups in total. The third kappa shape index (κ3) is 2.86. The maximum atomic E-state index is 12.9. The highest BCUT2D eigenvalue weighted by molar-refractivity contribution is 8.27. The average molecular weight is 316 g/mol. The molecule has 0 aliphatic carbocycles. The first kappa shape index (κ1) is 13.9. The van der Waals surface area contributed by atoms with E-state index >= 15 is 0 Å². The van der Waals surface area contributed by atoms with Crippen molar-refractivity contribution in [2.75, 3.05) is 4.90 Å². The minimum atomic E-state index is -0.310. The van der Waals surface area contributed by atoms with Gasteiger partial charge in [0.1, 0.15) is 5.82 Å². The van der Waals surface area contributed by atoms with Gasteiger partial charge >= 0.3 is 0 Å². The lowest BCUT2D eigenvalue weighted by Crippen LogP contribution is -2.27. The molecule has 1 aromatic heterocycles. The average Bonchev–Trinajstić information content (AvgIpc) is 2.77. The zero-order chi connectivity index (χ0) is 14.8. The second kappa shape index (κ2) is 5.75. The van der Waals surface area contributed by atoms with Crippen LogP contribution in [0, 0.1) is 5.82 Å². The number of carbonyl (C=O) groups excluding carboxylic acids is 1. The second-order valence-corrected chi connectivity index (χ2v) is 5.96. The summed E-state index contributed by atoms with van der Waals surface area (Å²) < 4.78 is 13.4. The number of thioether (sulfide) groups is 1. The maximum Gasteiger partial charge on any atom is 0.270 e. The lowest BCUT2D eigenvalue weighted by Gasteiger charge is -2.13. The summed E-state index contributed by atoms with van der Waals surface area (Å²) in [6, 6.07) is 9.47. The summed E-state index contributed by atoms with van der Waals surface area (Å²) >= 11 is 6.48. The van der Waals surface area contributed by atoms with Gasteiger partial charge in [-0.1, -0.05) is 36.1 Å². The van der Waals surface area contributed by atoms with Crippen LogP contribution in [-0.4, -0.2) is 15.2 Å². The summed E-state index contributed by atoms with van der Waals surface area (Å²) in [5, 5.41) is 0. The molecule has 6 heteroatoms. The molecule has 1 fully saturated rings. The van der Waals surface area contributed by atoms with Crippen LogP contribution in [0.4, 0.5) is 10.1 Å². The highest BCUT2D eigenvalue weighted by atomic mass is 32.2. The molecule has 2 aromatic rings. The SMILES string of the molecule is O=C1/C(=C/c2ccc(F)cc2)SC(=S)N1c1cccnc1. The van der Waals surface area contributed by atoms with Crippen molar-refractivity contribution >= 4 is 46.0 Å². The van der Waals surface area contributed by atoms with Crippen molar-refractivity contribution in [3.05, 3.63) is 65.1 Å². The molecule has 3 rings (SSSR count). The van der Waals surface area contributed by atoms with Crippen molar-refractivity contribution in [2.24, 2.45) is 0 Å². The van der Waals surface area contributed by atoms with Crippen LogP contribution in [0.3, 0.4) is 0 Å². The number of thiocarbonyl (C=S) groups is 1. The number of benzene rings is 1. The molecule has 0 bridgehead atoms. The lowest BCUT2D eigenvalue weighted by molar-refractivity contribution is -0.113. The molecule has 1 saturated heterocycles. The number of aromatic nitrogens is 1. The van der Waals surface area contributed by atoms with Crippen LogP contribution in [0.2, 0.25) is 0 Å². The predicted octanol–water partition coefficient (Wildman–Crippen LogP) is 3.63. The van der Waals surface area contributed by atoms with Crippen molar-refractivity contribution in [1.29, 1.82) is 0 Å². The van der Waals surface area contributed by atoms with Gasteiger partial charge in [0.05, 0.1) is 16.8 Å². The van der Waals surface area contributed by atoms with E-state index in [0.717, 1.165) is 5.56 Å². The molecule has 0 unspecified atom stereocenters. The number of amides is 1. The van der Waals surface area contributed by atoms with E-state index in [-0.39, 0.29) is 11.7 Å². The lowest BCUT2D eigenvalue weighted by atomic mass is 10.2. The molecular weight excluding hydrogens is 307 g/mol. The maximum absolute atomic E-state index is 12.9. The van der Waals surface area contributed by atoms with Crippen molar-refractivity contribution in [1.82, 2.24) is 4.98 Å². The zero-order valence-electron chi connectivity index (χ0n) is 10.7. The van der Waals surface area contributed by atoms with Crippen LogP contribution in [0.25, 0.3) is 6.08 Å². The molecule has 0 saturated carbocycles. The monoisotopic (exact) mass is 316 g/mol. The molecule has 3 nitrogen and oxygen atoms in total. The van der Waals surface area contributed by atoms with E-state index in [4.69, 9.17) is 12.2 Å². The highest BCUT2D eigenvalue weighted by Gasteiger charge is 2.33. The van der Waals surface area contributed by atoms with Crippen molar-refractivity contribution in [3.8, 4) is 0 Å². The molecular formula is C15H9FN2OS2. The first-order valence-electron chi connectivity index (χ1n) is 6.09. The first-order valence-corrected chi connectivity index (χ1v) is 7.31. The predicted molar refractivity (Wildman–Crippen MR) is 86.3 cm³/mol. The summed E-state index contributed by atoms with van der Waals surface area (Å²) in [4.78, 5) is 18.4. The number of anilines is 1. The smallest absolute Gasteiger partial charge is 0.268 e. The van der Waals surface area contributed by atoms with Crippen LogP contribution < -0.4 is 4.90 Å². The van der Waals surface area contributed by atoms with Gasteiger partial charge in [-0.25, -0.2) is 4.39 Å². The van der Waals surface area contributed by atoms with Crippen LogP contribution >= 0.6 is 24.0 Å². The summed E-state index contributed by atoms with van der Waals surface area (Å²) in [6.45, 7) is 0. The quantitative estimate of drug-likeness (QED) is 0.626. The van der Waals surface area contributed by atoms with E-state index in [1.807, 2.05) is 0 Å². The van der Waals surface area contributed by atoms with E-state index in [1.54, 1.807) is 42.7 Å². The van der Waals surface area contributed by atoms with Gasteiger partial charge < -0.3 is 0 Å². The molecule has 2 heterocycles. The van der Waals surface area contributed by atoms with E-state index in [1.165, 1.54) is 28.8 Å². The van der Waals surface area contributed by atoms with E-state index in [9.17, 15) is 9.18 Å². The Labute approximate surface area is 130 Å². The molecule has 1 aromatic carbocycles. The van der Waals surface area contributed by atoms with Crippen LogP contribution in [0.15, 0.2) is 53.7 Å². The highest BCUT2D eigenvalue weighted by Crippen LogP contribution is 2.35. The topological polar surface area (TPSA) is 33.2 Å². The van der Waals surface area contributed by atoms with Crippen LogP contribution in [-0.2, 0) is 4.79 Å². The van der Waals surface area contributed by atoms with Crippen molar-refractivity contribution < 1.29 is 9.18 Å². The third-order valence-corrected chi connectivity index (χ3v) is 4.17. The number of rotatable bonds is 2. The Bertz CT molecular complexity index is 729. The zero-order valence-corrected chi connectivity index (χ0v) is 12.3. The number of hydrogen-bond donors (Lipinski definition) is 0. The molecule has 1 aliphatic rings. The summed E-state index contributed by atoms with van der Waals surface area (Å²) in [5.41, 5.74) is 1.39. The molecule has 0 radical (unpaired) electrons. The normalized spacial score (nSPS) is 16.8. The summed E-state index contributed by atoms with van der Waals surface area (Å²) in [6.07, 6.45) is 4.93. The van der Waals surface area contributed by atoms with Gasteiger partial charge in [0, 0.05) is 6.20 Å². The van der Waals surface area contributed by atoms with Gasteiger partial charge in [-0.2, -0.15) is 0 Å². The number of hydrogen-bond acceptors (Lipinski definition) is 4. The molecule has 21 heavy (non-hydrogen) atoms. The molecule has 0 atom stereocenters. The van der Waals surface area contributed by atoms with Crippen LogP contribution in [0.1, 0.15) is 5.56 Å². The minimum Gasteiger partial charge on any atom is -0.268 e. The fourth-order valence-electron chi connectivity index (χ4n) is 1.89. The summed E-state index contributed by atoms with van der Waals surface area (Å²) in [5.74, 6) is -0.502. The molecule has 1 amide bonds. The summed E-state index contributed by atoms with van der Waals surface area (Å²) in [7, 11) is 0. The van der Waals surface area contributed by atoms with E-state index in [0.29, 0.717) is 14.9 Å². The standard InChI is InChI=1S/C15H9FN2OS2/c16-11-5-3-10(4-6-11)8-13-14(19)18(15(20)21-13)12-2-1-7-17-9-12/h1-9H/b13-8-. The van der Waals surface area contributed by atoms with Gasteiger partial charge in [-0.15, -0.1) is 0 Å². The second-order valence-electron chi connectivity index (χ2n) is 4.28. The first-order chi connectivity index (χ1) is 10.1.